The number of anilines is 1. The molecule has 1 aliphatic rings. The molecule has 1 fully saturated rings. The first kappa shape index (κ1) is 31.4. The fraction of sp³-hybridized carbons (Fsp3) is 0.552. The van der Waals surface area contributed by atoms with Gasteiger partial charge in [-0.1, -0.05) is 64.2 Å². The Balaban J connectivity index is 0.00000201. The molecule has 0 N–H and O–H groups in total. The first-order chi connectivity index (χ1) is 16.5. The van der Waals surface area contributed by atoms with Crippen molar-refractivity contribution in [3.63, 3.8) is 0 Å². The highest BCUT2D eigenvalue weighted by Gasteiger charge is 2.14. The van der Waals surface area contributed by atoms with E-state index in [1.165, 1.54) is 37.0 Å². The maximum absolute atomic E-state index is 14.6. The van der Waals surface area contributed by atoms with Crippen molar-refractivity contribution in [1.82, 2.24) is 9.80 Å². The van der Waals surface area contributed by atoms with Crippen LogP contribution < -0.4 is 4.90 Å². The summed E-state index contributed by atoms with van der Waals surface area (Å²) in [6.07, 6.45) is 22.7. The fourth-order valence-electron chi connectivity index (χ4n) is 4.01. The summed E-state index contributed by atoms with van der Waals surface area (Å²) in [4.78, 5) is 17.3. The Kier molecular flexibility index (Phi) is 18.3. The molecule has 5 heteroatoms. The van der Waals surface area contributed by atoms with Gasteiger partial charge in [-0.05, 0) is 56.2 Å². The van der Waals surface area contributed by atoms with Crippen LogP contribution in [0.5, 0.6) is 0 Å². The Morgan fingerprint density at radius 3 is 2.26 bits per heavy atom. The molecule has 0 radical (unpaired) electrons. The Hall–Kier alpha value is -2.58. The third-order valence-corrected chi connectivity index (χ3v) is 6.00. The quantitative estimate of drug-likeness (QED) is 0.198. The lowest BCUT2D eigenvalue weighted by Gasteiger charge is -2.23. The molecule has 0 aliphatic heterocycles. The van der Waals surface area contributed by atoms with E-state index >= 15 is 0 Å². The molecule has 0 unspecified atom stereocenters. The van der Waals surface area contributed by atoms with Gasteiger partial charge in [-0.15, -0.1) is 19.4 Å². The van der Waals surface area contributed by atoms with E-state index in [1.807, 2.05) is 20.0 Å². The number of terminal acetylenes is 1. The molecule has 1 saturated carbocycles. The monoisotopic (exact) mass is 471 g/mol. The minimum Gasteiger partial charge on any atom is -0.379 e. The molecule has 1 aromatic carbocycles. The summed E-state index contributed by atoms with van der Waals surface area (Å²) >= 11 is 0. The molecule has 0 bridgehead atoms. The summed E-state index contributed by atoms with van der Waals surface area (Å²) in [5, 5.41) is 0. The number of rotatable bonds is 12. The zero-order valence-electron chi connectivity index (χ0n) is 21.9. The standard InChI is InChI=1S/C24H38FN3O.C3H6.C2H2/c1-4-27(5-2)19-22-13-14-24(23(25)18-22)28(20-29)17-16-26(3)15-9-12-21-10-7-6-8-11-21;1-3-2;1-2/h9,13-15,18,20-21H,4-8,10-12,16-17,19H2,1-3H3;3H,1H2,2H3;1-2H/b15-9+;;. The molecule has 0 heterocycles. The van der Waals surface area contributed by atoms with Crippen molar-refractivity contribution in [2.24, 2.45) is 5.92 Å². The Morgan fingerprint density at radius 2 is 1.74 bits per heavy atom. The molecular weight excluding hydrogens is 425 g/mol. The van der Waals surface area contributed by atoms with E-state index in [0.717, 1.165) is 43.9 Å². The molecule has 190 valence electrons. The van der Waals surface area contributed by atoms with Crippen LogP contribution in [0.3, 0.4) is 0 Å². The third kappa shape index (κ3) is 12.6. The lowest BCUT2D eigenvalue weighted by molar-refractivity contribution is -0.107. The van der Waals surface area contributed by atoms with Crippen molar-refractivity contribution in [3.8, 4) is 12.8 Å². The van der Waals surface area contributed by atoms with Crippen molar-refractivity contribution in [2.75, 3.05) is 38.1 Å². The van der Waals surface area contributed by atoms with Crippen LogP contribution in [0.2, 0.25) is 0 Å². The molecule has 0 aromatic heterocycles. The summed E-state index contributed by atoms with van der Waals surface area (Å²) < 4.78 is 14.6. The fourth-order valence-corrected chi connectivity index (χ4v) is 4.01. The summed E-state index contributed by atoms with van der Waals surface area (Å²) in [5.74, 6) is 0.487. The second-order valence-corrected chi connectivity index (χ2v) is 8.56. The Labute approximate surface area is 208 Å². The highest BCUT2D eigenvalue weighted by molar-refractivity contribution is 5.75. The van der Waals surface area contributed by atoms with E-state index in [0.29, 0.717) is 18.8 Å². The van der Waals surface area contributed by atoms with Gasteiger partial charge in [0.15, 0.2) is 0 Å². The van der Waals surface area contributed by atoms with Crippen LogP contribution in [0.25, 0.3) is 0 Å². The lowest BCUT2D eigenvalue weighted by atomic mass is 9.87. The van der Waals surface area contributed by atoms with Crippen LogP contribution in [0, 0.1) is 24.6 Å². The number of amides is 1. The van der Waals surface area contributed by atoms with Gasteiger partial charge in [-0.2, -0.15) is 0 Å². The van der Waals surface area contributed by atoms with E-state index in [-0.39, 0.29) is 5.82 Å². The predicted octanol–water partition coefficient (Wildman–Crippen LogP) is 6.49. The van der Waals surface area contributed by atoms with Crippen LogP contribution in [0.15, 0.2) is 43.1 Å². The van der Waals surface area contributed by atoms with Crippen LogP contribution >= 0.6 is 0 Å². The van der Waals surface area contributed by atoms with Crippen molar-refractivity contribution in [1.29, 1.82) is 0 Å². The number of likely N-dealkylation sites (N-methyl/N-ethyl adjacent to an activating group) is 1. The van der Waals surface area contributed by atoms with E-state index in [1.54, 1.807) is 18.2 Å². The van der Waals surface area contributed by atoms with E-state index < -0.39 is 0 Å². The third-order valence-electron chi connectivity index (χ3n) is 6.00. The second-order valence-electron chi connectivity index (χ2n) is 8.56. The predicted molar refractivity (Wildman–Crippen MR) is 145 cm³/mol. The Morgan fingerprint density at radius 1 is 1.12 bits per heavy atom. The van der Waals surface area contributed by atoms with Gasteiger partial charge in [0, 0.05) is 26.7 Å². The smallest absolute Gasteiger partial charge is 0.214 e. The van der Waals surface area contributed by atoms with E-state index in [4.69, 9.17) is 0 Å². The van der Waals surface area contributed by atoms with Crippen molar-refractivity contribution < 1.29 is 9.18 Å². The van der Waals surface area contributed by atoms with E-state index in [2.05, 4.69) is 55.3 Å². The average molecular weight is 472 g/mol. The molecule has 1 aromatic rings. The normalized spacial score (nSPS) is 13.4. The molecule has 1 amide bonds. The van der Waals surface area contributed by atoms with E-state index in [9.17, 15) is 9.18 Å². The van der Waals surface area contributed by atoms with Gasteiger partial charge in [-0.3, -0.25) is 9.69 Å². The van der Waals surface area contributed by atoms with Gasteiger partial charge in [0.1, 0.15) is 5.82 Å². The molecule has 34 heavy (non-hydrogen) atoms. The zero-order chi connectivity index (χ0) is 25.8. The molecule has 2 rings (SSSR count). The van der Waals surface area contributed by atoms with Gasteiger partial charge in [0.25, 0.3) is 0 Å². The number of allylic oxidation sites excluding steroid dienone is 2. The van der Waals surface area contributed by atoms with Crippen LogP contribution in [0.1, 0.15) is 64.9 Å². The minimum absolute atomic E-state index is 0.336. The zero-order valence-corrected chi connectivity index (χ0v) is 21.9. The number of carbonyl (C=O) groups excluding carboxylic acids is 1. The number of halogens is 1. The second kappa shape index (κ2) is 19.9. The summed E-state index contributed by atoms with van der Waals surface area (Å²) in [6.45, 7) is 13.2. The maximum Gasteiger partial charge on any atom is 0.214 e. The van der Waals surface area contributed by atoms with Crippen molar-refractivity contribution >= 4 is 12.1 Å². The van der Waals surface area contributed by atoms with Gasteiger partial charge >= 0.3 is 0 Å². The van der Waals surface area contributed by atoms with Crippen LogP contribution in [-0.4, -0.2) is 49.4 Å². The highest BCUT2D eigenvalue weighted by atomic mass is 19.1. The van der Waals surface area contributed by atoms with Crippen molar-refractivity contribution in [2.45, 2.75) is 65.8 Å². The lowest BCUT2D eigenvalue weighted by Crippen LogP contribution is -2.31. The largest absolute Gasteiger partial charge is 0.379 e. The highest BCUT2D eigenvalue weighted by Crippen LogP contribution is 2.26. The summed E-state index contributed by atoms with van der Waals surface area (Å²) in [5.41, 5.74) is 1.28. The molecule has 0 saturated heterocycles. The molecule has 0 atom stereocenters. The SMILES string of the molecule is C#C.C=CC.CCN(CC)Cc1ccc(N(C=O)CCN(C)/C=C/CC2CCCCC2)c(F)c1. The van der Waals surface area contributed by atoms with Gasteiger partial charge < -0.3 is 9.80 Å². The number of carbonyl (C=O) groups is 1. The summed E-state index contributed by atoms with van der Waals surface area (Å²) in [7, 11) is 2.00. The molecule has 1 aliphatic carbocycles. The number of nitrogens with zero attached hydrogens (tertiary/aromatic N) is 3. The summed E-state index contributed by atoms with van der Waals surface area (Å²) in [6, 6.07) is 5.19. The van der Waals surface area contributed by atoms with Crippen molar-refractivity contribution in [3.05, 3.63) is 54.5 Å². The molecule has 4 nitrogen and oxygen atoms in total. The van der Waals surface area contributed by atoms with Gasteiger partial charge in [0.2, 0.25) is 6.41 Å². The first-order valence-electron chi connectivity index (χ1n) is 12.5. The first-order valence-corrected chi connectivity index (χ1v) is 12.5. The Bertz CT molecular complexity index is 721. The number of hydrogen-bond acceptors (Lipinski definition) is 3. The van der Waals surface area contributed by atoms with Gasteiger partial charge in [-0.25, -0.2) is 4.39 Å². The van der Waals surface area contributed by atoms with Gasteiger partial charge in [0.05, 0.1) is 5.69 Å². The maximum atomic E-state index is 14.6. The molecule has 0 spiro atoms. The molecular formula is C29H46FN3O. The number of benzene rings is 1. The topological polar surface area (TPSA) is 26.8 Å². The van der Waals surface area contributed by atoms with Crippen LogP contribution in [0.4, 0.5) is 10.1 Å². The number of hydrogen-bond donors (Lipinski definition) is 0. The minimum atomic E-state index is -0.336. The van der Waals surface area contributed by atoms with Crippen LogP contribution in [-0.2, 0) is 11.3 Å². The average Bonchev–Trinajstić information content (AvgIpc) is 2.86.